The number of aromatic nitrogens is 4. The second-order valence-electron chi connectivity index (χ2n) is 4.72. The van der Waals surface area contributed by atoms with Gasteiger partial charge < -0.3 is 10.5 Å². The lowest BCUT2D eigenvalue weighted by Gasteiger charge is -2.21. The fraction of sp³-hybridized carbons (Fsp3) is 0.308. The van der Waals surface area contributed by atoms with Crippen LogP contribution < -0.4 is 5.73 Å². The van der Waals surface area contributed by atoms with Crippen molar-refractivity contribution in [2.24, 2.45) is 5.73 Å². The molecule has 0 saturated carbocycles. The van der Waals surface area contributed by atoms with Gasteiger partial charge in [0.05, 0.1) is 5.54 Å². The highest BCUT2D eigenvalue weighted by Crippen LogP contribution is 2.29. The van der Waals surface area contributed by atoms with Gasteiger partial charge in [0, 0.05) is 7.11 Å². The van der Waals surface area contributed by atoms with Crippen molar-refractivity contribution < 1.29 is 4.74 Å². The Morgan fingerprint density at radius 3 is 2.75 bits per heavy atom. The summed E-state index contributed by atoms with van der Waals surface area (Å²) in [6.45, 7) is 2.32. The highest BCUT2D eigenvalue weighted by Gasteiger charge is 2.29. The average molecular weight is 289 g/mol. The van der Waals surface area contributed by atoms with E-state index in [1.54, 1.807) is 11.6 Å². The Morgan fingerprint density at radius 1 is 1.30 bits per heavy atom. The summed E-state index contributed by atoms with van der Waals surface area (Å²) in [5.41, 5.74) is 6.82. The molecule has 0 saturated heterocycles. The van der Waals surface area contributed by atoms with Gasteiger partial charge in [-0.05, 0) is 12.5 Å². The molecule has 3 aromatic rings. The number of benzene rings is 1. The number of hydrogen-bond donors (Lipinski definition) is 1. The molecule has 2 aromatic heterocycles. The highest BCUT2D eigenvalue weighted by molar-refractivity contribution is 7.16. The van der Waals surface area contributed by atoms with E-state index in [9.17, 15) is 0 Å². The minimum atomic E-state index is -0.656. The summed E-state index contributed by atoms with van der Waals surface area (Å²) in [6, 6.07) is 9.90. The Morgan fingerprint density at radius 2 is 2.05 bits per heavy atom. The van der Waals surface area contributed by atoms with Gasteiger partial charge >= 0.3 is 0 Å². The summed E-state index contributed by atoms with van der Waals surface area (Å²) >= 11 is 1.44. The highest BCUT2D eigenvalue weighted by atomic mass is 32.1. The van der Waals surface area contributed by atoms with Gasteiger partial charge in [-0.25, -0.2) is 0 Å². The van der Waals surface area contributed by atoms with Gasteiger partial charge in [0.1, 0.15) is 11.6 Å². The Bertz CT molecular complexity index is 719. The fourth-order valence-corrected chi connectivity index (χ4v) is 2.93. The largest absolute Gasteiger partial charge is 0.377 e. The smallest absolute Gasteiger partial charge is 0.234 e. The van der Waals surface area contributed by atoms with Gasteiger partial charge in [-0.3, -0.25) is 0 Å². The Labute approximate surface area is 120 Å². The van der Waals surface area contributed by atoms with Crippen molar-refractivity contribution in [1.82, 2.24) is 19.8 Å². The SMILES string of the molecule is COCc1nnc2sc(C(C)(N)c3ccccc3)nn12. The zero-order valence-corrected chi connectivity index (χ0v) is 12.1. The van der Waals surface area contributed by atoms with E-state index in [1.165, 1.54) is 11.3 Å². The zero-order chi connectivity index (χ0) is 14.2. The Balaban J connectivity index is 2.05. The van der Waals surface area contributed by atoms with Crippen molar-refractivity contribution >= 4 is 16.3 Å². The van der Waals surface area contributed by atoms with Crippen molar-refractivity contribution in [3.8, 4) is 0 Å². The Hall–Kier alpha value is -1.83. The van der Waals surface area contributed by atoms with Crippen LogP contribution in [0.2, 0.25) is 0 Å². The molecule has 0 radical (unpaired) electrons. The quantitative estimate of drug-likeness (QED) is 0.788. The van der Waals surface area contributed by atoms with E-state index in [0.717, 1.165) is 15.5 Å². The molecule has 0 bridgehead atoms. The minimum absolute atomic E-state index is 0.372. The van der Waals surface area contributed by atoms with Crippen LogP contribution in [0.3, 0.4) is 0 Å². The first-order valence-electron chi connectivity index (χ1n) is 6.18. The first kappa shape index (κ1) is 13.2. The van der Waals surface area contributed by atoms with Gasteiger partial charge in [0.2, 0.25) is 4.96 Å². The summed E-state index contributed by atoms with van der Waals surface area (Å²) in [7, 11) is 1.62. The lowest BCUT2D eigenvalue weighted by molar-refractivity contribution is 0.176. The summed E-state index contributed by atoms with van der Waals surface area (Å²) in [5, 5.41) is 13.5. The van der Waals surface area contributed by atoms with Gasteiger partial charge in [-0.2, -0.15) is 9.61 Å². The van der Waals surface area contributed by atoms with Crippen LogP contribution in [0.1, 0.15) is 23.3 Å². The summed E-state index contributed by atoms with van der Waals surface area (Å²) in [5.74, 6) is 0.675. The van der Waals surface area contributed by atoms with E-state index in [1.807, 2.05) is 37.3 Å². The third kappa shape index (κ3) is 2.09. The molecule has 1 aromatic carbocycles. The molecule has 6 nitrogen and oxygen atoms in total. The van der Waals surface area contributed by atoms with Crippen LogP contribution in [0.15, 0.2) is 30.3 Å². The standard InChI is InChI=1S/C13H15N5OS/c1-13(14,9-6-4-3-5-7-9)11-17-18-10(8-19-2)15-16-12(18)20-11/h3-7H,8,14H2,1-2H3. The number of methoxy groups -OCH3 is 1. The van der Waals surface area contributed by atoms with Gasteiger partial charge in [-0.1, -0.05) is 41.7 Å². The molecule has 0 aliphatic rings. The topological polar surface area (TPSA) is 78.3 Å². The number of hydrogen-bond acceptors (Lipinski definition) is 6. The van der Waals surface area contributed by atoms with E-state index in [-0.39, 0.29) is 0 Å². The van der Waals surface area contributed by atoms with Crippen LogP contribution in [-0.2, 0) is 16.9 Å². The molecule has 1 unspecified atom stereocenters. The number of nitrogens with zero attached hydrogens (tertiary/aromatic N) is 4. The van der Waals surface area contributed by atoms with Gasteiger partial charge in [0.25, 0.3) is 0 Å². The molecule has 1 atom stereocenters. The zero-order valence-electron chi connectivity index (χ0n) is 11.3. The normalized spacial score (nSPS) is 14.6. The van der Waals surface area contributed by atoms with Crippen LogP contribution in [-0.4, -0.2) is 26.9 Å². The first-order chi connectivity index (χ1) is 9.63. The molecule has 0 spiro atoms. The molecule has 0 aliphatic heterocycles. The summed E-state index contributed by atoms with van der Waals surface area (Å²) in [6.07, 6.45) is 0. The van der Waals surface area contributed by atoms with E-state index in [4.69, 9.17) is 10.5 Å². The summed E-state index contributed by atoms with van der Waals surface area (Å²) < 4.78 is 6.78. The average Bonchev–Trinajstić information content (AvgIpc) is 3.02. The number of nitrogens with two attached hydrogens (primary N) is 1. The predicted molar refractivity (Wildman–Crippen MR) is 76.5 cm³/mol. The molecular weight excluding hydrogens is 274 g/mol. The lowest BCUT2D eigenvalue weighted by Crippen LogP contribution is -2.34. The molecule has 0 amide bonds. The molecule has 2 heterocycles. The van der Waals surface area contributed by atoms with Crippen molar-refractivity contribution in [2.75, 3.05) is 7.11 Å². The number of ether oxygens (including phenoxy) is 1. The van der Waals surface area contributed by atoms with Crippen molar-refractivity contribution in [3.05, 3.63) is 46.7 Å². The third-order valence-electron chi connectivity index (χ3n) is 3.15. The second kappa shape index (κ2) is 4.93. The first-order valence-corrected chi connectivity index (χ1v) is 6.99. The van der Waals surface area contributed by atoms with E-state index >= 15 is 0 Å². The van der Waals surface area contributed by atoms with E-state index < -0.39 is 5.54 Å². The molecule has 3 rings (SSSR count). The second-order valence-corrected chi connectivity index (χ2v) is 5.68. The fourth-order valence-electron chi connectivity index (χ4n) is 1.99. The minimum Gasteiger partial charge on any atom is -0.377 e. The maximum Gasteiger partial charge on any atom is 0.234 e. The van der Waals surface area contributed by atoms with Crippen molar-refractivity contribution in [3.63, 3.8) is 0 Å². The molecule has 20 heavy (non-hydrogen) atoms. The third-order valence-corrected chi connectivity index (χ3v) is 4.28. The molecule has 0 fully saturated rings. The van der Waals surface area contributed by atoms with Crippen LogP contribution in [0.25, 0.3) is 4.96 Å². The molecule has 7 heteroatoms. The predicted octanol–water partition coefficient (Wildman–Crippen LogP) is 1.55. The molecule has 104 valence electrons. The maximum atomic E-state index is 6.46. The van der Waals surface area contributed by atoms with Crippen LogP contribution in [0.4, 0.5) is 0 Å². The molecular formula is C13H15N5OS. The van der Waals surface area contributed by atoms with Crippen LogP contribution >= 0.6 is 11.3 Å². The summed E-state index contributed by atoms with van der Waals surface area (Å²) in [4.78, 5) is 0.722. The maximum absolute atomic E-state index is 6.46. The van der Waals surface area contributed by atoms with E-state index in [2.05, 4.69) is 15.3 Å². The number of rotatable bonds is 4. The van der Waals surface area contributed by atoms with E-state index in [0.29, 0.717) is 12.4 Å². The van der Waals surface area contributed by atoms with Crippen LogP contribution in [0.5, 0.6) is 0 Å². The number of fused-ring (bicyclic) bond motifs is 1. The van der Waals surface area contributed by atoms with Crippen LogP contribution in [0, 0.1) is 0 Å². The molecule has 2 N–H and O–H groups in total. The van der Waals surface area contributed by atoms with Gasteiger partial charge in [-0.15, -0.1) is 10.2 Å². The molecule has 0 aliphatic carbocycles. The lowest BCUT2D eigenvalue weighted by atomic mass is 9.94. The van der Waals surface area contributed by atoms with Crippen molar-refractivity contribution in [2.45, 2.75) is 19.1 Å². The van der Waals surface area contributed by atoms with Gasteiger partial charge in [0.15, 0.2) is 5.82 Å². The monoisotopic (exact) mass is 289 g/mol. The Kier molecular flexibility index (Phi) is 3.25. The van der Waals surface area contributed by atoms with Crippen molar-refractivity contribution in [1.29, 1.82) is 0 Å².